The number of thiophene rings is 1. The SMILES string of the molecule is N#CN(CC(N)=O)C(=O)CCc1csc2ccccc12. The van der Waals surface area contributed by atoms with Crippen molar-refractivity contribution >= 4 is 33.2 Å². The van der Waals surface area contributed by atoms with Crippen LogP contribution in [-0.4, -0.2) is 23.3 Å². The minimum atomic E-state index is -0.694. The maximum atomic E-state index is 11.8. The molecule has 102 valence electrons. The summed E-state index contributed by atoms with van der Waals surface area (Å²) in [4.78, 5) is 23.4. The molecule has 20 heavy (non-hydrogen) atoms. The molecule has 2 rings (SSSR count). The van der Waals surface area contributed by atoms with Crippen LogP contribution in [0.1, 0.15) is 12.0 Å². The van der Waals surface area contributed by atoms with Gasteiger partial charge in [-0.3, -0.25) is 9.59 Å². The summed E-state index contributed by atoms with van der Waals surface area (Å²) in [5.41, 5.74) is 6.07. The largest absolute Gasteiger partial charge is 0.368 e. The Morgan fingerprint density at radius 2 is 2.10 bits per heavy atom. The Kier molecular flexibility index (Phi) is 4.33. The molecule has 0 fully saturated rings. The molecule has 0 aliphatic rings. The number of hydrogen-bond acceptors (Lipinski definition) is 4. The highest BCUT2D eigenvalue weighted by molar-refractivity contribution is 7.17. The fraction of sp³-hybridized carbons (Fsp3) is 0.214. The molecule has 2 amide bonds. The van der Waals surface area contributed by atoms with Crippen LogP contribution in [0.2, 0.25) is 0 Å². The summed E-state index contributed by atoms with van der Waals surface area (Å²) in [5, 5.41) is 12.0. The van der Waals surface area contributed by atoms with E-state index < -0.39 is 5.91 Å². The molecule has 0 radical (unpaired) electrons. The minimum absolute atomic E-state index is 0.182. The lowest BCUT2D eigenvalue weighted by molar-refractivity contribution is -0.132. The number of hydrogen-bond donors (Lipinski definition) is 1. The first-order valence-corrected chi connectivity index (χ1v) is 6.93. The Hall–Kier alpha value is -2.39. The summed E-state index contributed by atoms with van der Waals surface area (Å²) in [6.45, 7) is -0.361. The van der Waals surface area contributed by atoms with Crippen LogP contribution in [0.5, 0.6) is 0 Å². The summed E-state index contributed by atoms with van der Waals surface area (Å²) in [6, 6.07) is 7.96. The van der Waals surface area contributed by atoms with Gasteiger partial charge in [-0.05, 0) is 28.8 Å². The topological polar surface area (TPSA) is 87.2 Å². The van der Waals surface area contributed by atoms with Gasteiger partial charge < -0.3 is 5.73 Å². The predicted octanol–water partition coefficient (Wildman–Crippen LogP) is 1.63. The third-order valence-electron chi connectivity index (χ3n) is 2.91. The number of fused-ring (bicyclic) bond motifs is 1. The van der Waals surface area contributed by atoms with Crippen molar-refractivity contribution in [1.29, 1.82) is 5.26 Å². The number of nitrogens with zero attached hydrogens (tertiary/aromatic N) is 2. The molecule has 0 atom stereocenters. The van der Waals surface area contributed by atoms with Crippen LogP contribution < -0.4 is 5.73 Å². The van der Waals surface area contributed by atoms with E-state index in [2.05, 4.69) is 0 Å². The van der Waals surface area contributed by atoms with E-state index in [0.29, 0.717) is 6.42 Å². The number of benzene rings is 1. The fourth-order valence-electron chi connectivity index (χ4n) is 1.94. The summed E-state index contributed by atoms with van der Waals surface area (Å²) in [6.07, 6.45) is 2.41. The van der Waals surface area contributed by atoms with E-state index in [1.54, 1.807) is 17.5 Å². The van der Waals surface area contributed by atoms with Gasteiger partial charge in [0, 0.05) is 11.1 Å². The van der Waals surface area contributed by atoms with Crippen molar-refractivity contribution < 1.29 is 9.59 Å². The third-order valence-corrected chi connectivity index (χ3v) is 3.92. The number of amides is 2. The highest BCUT2D eigenvalue weighted by Gasteiger charge is 2.15. The number of aryl methyl sites for hydroxylation is 1. The van der Waals surface area contributed by atoms with Crippen LogP contribution in [0.4, 0.5) is 0 Å². The van der Waals surface area contributed by atoms with Gasteiger partial charge >= 0.3 is 0 Å². The molecule has 1 heterocycles. The maximum absolute atomic E-state index is 11.8. The van der Waals surface area contributed by atoms with Crippen molar-refractivity contribution in [2.45, 2.75) is 12.8 Å². The van der Waals surface area contributed by atoms with Gasteiger partial charge in [-0.15, -0.1) is 11.3 Å². The van der Waals surface area contributed by atoms with E-state index >= 15 is 0 Å². The Bertz CT molecular complexity index is 687. The molecule has 2 N–H and O–H groups in total. The van der Waals surface area contributed by atoms with Crippen molar-refractivity contribution in [3.05, 3.63) is 35.2 Å². The van der Waals surface area contributed by atoms with Gasteiger partial charge in [0.15, 0.2) is 6.19 Å². The summed E-state index contributed by atoms with van der Waals surface area (Å²) in [5.74, 6) is -1.08. The third kappa shape index (κ3) is 3.13. The van der Waals surface area contributed by atoms with E-state index in [-0.39, 0.29) is 18.9 Å². The Morgan fingerprint density at radius 3 is 2.80 bits per heavy atom. The van der Waals surface area contributed by atoms with E-state index in [1.807, 2.05) is 29.6 Å². The zero-order valence-corrected chi connectivity index (χ0v) is 11.5. The van der Waals surface area contributed by atoms with Gasteiger partial charge in [-0.25, -0.2) is 4.90 Å². The van der Waals surface area contributed by atoms with Gasteiger partial charge in [-0.1, -0.05) is 18.2 Å². The molecular formula is C14H13N3O2S. The normalized spacial score (nSPS) is 10.2. The second kappa shape index (κ2) is 6.17. The molecule has 0 saturated heterocycles. The lowest BCUT2D eigenvalue weighted by atomic mass is 10.1. The van der Waals surface area contributed by atoms with Crippen LogP contribution >= 0.6 is 11.3 Å². The van der Waals surface area contributed by atoms with Gasteiger partial charge in [0.2, 0.25) is 11.8 Å². The Balaban J connectivity index is 2.03. The zero-order chi connectivity index (χ0) is 14.5. The van der Waals surface area contributed by atoms with Crippen molar-refractivity contribution in [3.8, 4) is 6.19 Å². The molecule has 5 nitrogen and oxygen atoms in total. The smallest absolute Gasteiger partial charge is 0.238 e. The van der Waals surface area contributed by atoms with Crippen LogP contribution in [0.3, 0.4) is 0 Å². The van der Waals surface area contributed by atoms with Crippen molar-refractivity contribution in [2.75, 3.05) is 6.54 Å². The predicted molar refractivity (Wildman–Crippen MR) is 76.7 cm³/mol. The Morgan fingerprint density at radius 1 is 1.35 bits per heavy atom. The molecular weight excluding hydrogens is 274 g/mol. The van der Waals surface area contributed by atoms with Crippen molar-refractivity contribution in [1.82, 2.24) is 4.90 Å². The van der Waals surface area contributed by atoms with Crippen molar-refractivity contribution in [3.63, 3.8) is 0 Å². The quantitative estimate of drug-likeness (QED) is 0.669. The average molecular weight is 287 g/mol. The molecule has 0 bridgehead atoms. The molecule has 6 heteroatoms. The number of carbonyl (C=O) groups is 2. The molecule has 0 unspecified atom stereocenters. The molecule has 1 aromatic carbocycles. The number of carbonyl (C=O) groups excluding carboxylic acids is 2. The summed E-state index contributed by atoms with van der Waals surface area (Å²) < 4.78 is 1.17. The average Bonchev–Trinajstić information content (AvgIpc) is 2.85. The first-order chi connectivity index (χ1) is 9.61. The van der Waals surface area contributed by atoms with Crippen LogP contribution in [0.15, 0.2) is 29.6 Å². The standard InChI is InChI=1S/C14H13N3O2S/c15-9-17(7-13(16)18)14(19)6-5-10-8-20-12-4-2-1-3-11(10)12/h1-4,8H,5-7H2,(H2,16,18). The van der Waals surface area contributed by atoms with Gasteiger partial charge in [-0.2, -0.15) is 5.26 Å². The highest BCUT2D eigenvalue weighted by atomic mass is 32.1. The van der Waals surface area contributed by atoms with Crippen LogP contribution in [-0.2, 0) is 16.0 Å². The number of rotatable bonds is 5. The molecule has 1 aromatic heterocycles. The summed E-state index contributed by atoms with van der Waals surface area (Å²) >= 11 is 1.63. The molecule has 0 aliphatic carbocycles. The number of nitrogens with two attached hydrogens (primary N) is 1. The molecule has 0 spiro atoms. The highest BCUT2D eigenvalue weighted by Crippen LogP contribution is 2.26. The van der Waals surface area contributed by atoms with Gasteiger partial charge in [0.25, 0.3) is 0 Å². The van der Waals surface area contributed by atoms with Crippen molar-refractivity contribution in [2.24, 2.45) is 5.73 Å². The van der Waals surface area contributed by atoms with E-state index in [9.17, 15) is 9.59 Å². The maximum Gasteiger partial charge on any atom is 0.238 e. The van der Waals surface area contributed by atoms with Gasteiger partial charge in [0.1, 0.15) is 6.54 Å². The first-order valence-electron chi connectivity index (χ1n) is 6.05. The lowest BCUT2D eigenvalue weighted by Gasteiger charge is -2.10. The molecule has 0 aliphatic heterocycles. The fourth-order valence-corrected chi connectivity index (χ4v) is 2.94. The second-order valence-electron chi connectivity index (χ2n) is 4.30. The van der Waals surface area contributed by atoms with Crippen LogP contribution in [0.25, 0.3) is 10.1 Å². The molecule has 2 aromatic rings. The lowest BCUT2D eigenvalue weighted by Crippen LogP contribution is -2.35. The minimum Gasteiger partial charge on any atom is -0.368 e. The first kappa shape index (κ1) is 14.0. The monoisotopic (exact) mass is 287 g/mol. The van der Waals surface area contributed by atoms with Crippen LogP contribution in [0, 0.1) is 11.5 Å². The van der Waals surface area contributed by atoms with E-state index in [0.717, 1.165) is 15.8 Å². The second-order valence-corrected chi connectivity index (χ2v) is 5.21. The zero-order valence-electron chi connectivity index (χ0n) is 10.7. The van der Waals surface area contributed by atoms with E-state index in [4.69, 9.17) is 11.0 Å². The Labute approximate surface area is 120 Å². The summed E-state index contributed by atoms with van der Waals surface area (Å²) in [7, 11) is 0. The number of nitriles is 1. The number of primary amides is 1. The van der Waals surface area contributed by atoms with Gasteiger partial charge in [0.05, 0.1) is 0 Å². The molecule has 0 saturated carbocycles. The van der Waals surface area contributed by atoms with E-state index in [1.165, 1.54) is 4.70 Å².